The number of alkyl halides is 1. The van der Waals surface area contributed by atoms with Crippen molar-refractivity contribution in [2.75, 3.05) is 6.61 Å². The second kappa shape index (κ2) is 6.11. The van der Waals surface area contributed by atoms with Crippen LogP contribution >= 0.6 is 15.9 Å². The van der Waals surface area contributed by atoms with Crippen LogP contribution in [0.1, 0.15) is 36.6 Å². The Bertz CT molecular complexity index is 405. The zero-order valence-electron chi connectivity index (χ0n) is 10.3. The molecule has 1 fully saturated rings. The van der Waals surface area contributed by atoms with Crippen molar-refractivity contribution in [2.45, 2.75) is 37.1 Å². The first-order valence-electron chi connectivity index (χ1n) is 6.30. The Balaban J connectivity index is 1.85. The van der Waals surface area contributed by atoms with Crippen molar-refractivity contribution in [1.82, 2.24) is 0 Å². The molecule has 1 aromatic carbocycles. The Labute approximate surface area is 115 Å². The summed E-state index contributed by atoms with van der Waals surface area (Å²) in [6.45, 7) is 2.76. The van der Waals surface area contributed by atoms with E-state index >= 15 is 0 Å². The summed E-state index contributed by atoms with van der Waals surface area (Å²) in [5.41, 5.74) is 0.800. The van der Waals surface area contributed by atoms with E-state index in [1.807, 2.05) is 6.92 Å². The summed E-state index contributed by atoms with van der Waals surface area (Å²) in [5, 5.41) is 0. The molecule has 0 amide bonds. The fourth-order valence-electron chi connectivity index (χ4n) is 2.37. The van der Waals surface area contributed by atoms with Gasteiger partial charge in [-0.05, 0) is 49.8 Å². The molecular formula is C14H17BrF2O. The Kier molecular flexibility index (Phi) is 4.73. The van der Waals surface area contributed by atoms with Gasteiger partial charge in [-0.2, -0.15) is 0 Å². The van der Waals surface area contributed by atoms with Crippen LogP contribution in [0.4, 0.5) is 8.78 Å². The molecule has 0 saturated heterocycles. The van der Waals surface area contributed by atoms with Crippen LogP contribution in [0, 0.1) is 17.6 Å². The zero-order valence-corrected chi connectivity index (χ0v) is 11.9. The summed E-state index contributed by atoms with van der Waals surface area (Å²) in [4.78, 5) is 0.0835. The maximum Gasteiger partial charge on any atom is 0.159 e. The molecule has 0 aromatic heterocycles. The lowest BCUT2D eigenvalue weighted by molar-refractivity contribution is -0.0264. The minimum Gasteiger partial charge on any atom is -0.378 e. The van der Waals surface area contributed by atoms with E-state index in [0.717, 1.165) is 31.4 Å². The first-order valence-corrected chi connectivity index (χ1v) is 7.22. The van der Waals surface area contributed by atoms with Gasteiger partial charge in [0, 0.05) is 11.4 Å². The summed E-state index contributed by atoms with van der Waals surface area (Å²) in [6, 6.07) is 4.09. The van der Waals surface area contributed by atoms with Gasteiger partial charge in [0.25, 0.3) is 0 Å². The van der Waals surface area contributed by atoms with Gasteiger partial charge in [0.2, 0.25) is 0 Å². The predicted octanol–water partition coefficient (Wildman–Crippen LogP) is 4.61. The fraction of sp³-hybridized carbons (Fsp3) is 0.571. The third kappa shape index (κ3) is 3.29. The van der Waals surface area contributed by atoms with Gasteiger partial charge >= 0.3 is 0 Å². The van der Waals surface area contributed by atoms with Gasteiger partial charge in [0.15, 0.2) is 11.6 Å². The van der Waals surface area contributed by atoms with Crippen molar-refractivity contribution in [2.24, 2.45) is 5.92 Å². The minimum atomic E-state index is -0.793. The lowest BCUT2D eigenvalue weighted by Crippen LogP contribution is -2.31. The quantitative estimate of drug-likeness (QED) is 0.720. The summed E-state index contributed by atoms with van der Waals surface area (Å²) in [6.07, 6.45) is 3.47. The molecule has 0 bridgehead atoms. The fourth-order valence-corrected chi connectivity index (χ4v) is 3.19. The molecule has 0 N–H and O–H groups in total. The smallest absolute Gasteiger partial charge is 0.159 e. The molecule has 1 aliphatic rings. The van der Waals surface area contributed by atoms with E-state index in [1.54, 1.807) is 6.07 Å². The van der Waals surface area contributed by atoms with E-state index in [-0.39, 0.29) is 4.83 Å². The molecule has 0 radical (unpaired) electrons. The Morgan fingerprint density at radius 2 is 2.06 bits per heavy atom. The molecule has 2 rings (SSSR count). The zero-order chi connectivity index (χ0) is 13.1. The van der Waals surface area contributed by atoms with Gasteiger partial charge < -0.3 is 4.74 Å². The predicted molar refractivity (Wildman–Crippen MR) is 70.8 cm³/mol. The minimum absolute atomic E-state index is 0.0835. The number of benzene rings is 1. The van der Waals surface area contributed by atoms with Crippen molar-refractivity contribution in [3.05, 3.63) is 35.4 Å². The van der Waals surface area contributed by atoms with Crippen molar-refractivity contribution in [3.8, 4) is 0 Å². The van der Waals surface area contributed by atoms with Gasteiger partial charge in [-0.1, -0.05) is 22.0 Å². The molecule has 0 spiro atoms. The van der Waals surface area contributed by atoms with Crippen LogP contribution in [0.5, 0.6) is 0 Å². The molecule has 1 nitrogen and oxygen atoms in total. The lowest BCUT2D eigenvalue weighted by atomic mass is 9.78. The van der Waals surface area contributed by atoms with Gasteiger partial charge in [-0.15, -0.1) is 0 Å². The monoisotopic (exact) mass is 318 g/mol. The van der Waals surface area contributed by atoms with Crippen LogP contribution in [-0.2, 0) is 4.74 Å². The molecule has 1 unspecified atom stereocenters. The van der Waals surface area contributed by atoms with E-state index in [4.69, 9.17) is 4.74 Å². The van der Waals surface area contributed by atoms with E-state index in [0.29, 0.717) is 12.0 Å². The van der Waals surface area contributed by atoms with Crippen LogP contribution in [0.25, 0.3) is 0 Å². The normalized spacial score (nSPS) is 24.7. The summed E-state index contributed by atoms with van der Waals surface area (Å²) in [5.74, 6) is -0.963. The van der Waals surface area contributed by atoms with E-state index in [1.165, 1.54) is 12.1 Å². The molecule has 1 aliphatic carbocycles. The van der Waals surface area contributed by atoms with E-state index in [9.17, 15) is 8.78 Å². The second-order valence-corrected chi connectivity index (χ2v) is 5.90. The number of halogens is 3. The Morgan fingerprint density at radius 1 is 1.33 bits per heavy atom. The van der Waals surface area contributed by atoms with Gasteiger partial charge in [0.05, 0.1) is 6.10 Å². The van der Waals surface area contributed by atoms with E-state index in [2.05, 4.69) is 15.9 Å². The standard InChI is InChI=1S/C14H17BrF2O/c1-2-18-11-5-9(6-11)7-12(15)10-3-4-13(16)14(17)8-10/h3-4,8-9,11-12H,2,5-7H2,1H3. The van der Waals surface area contributed by atoms with Gasteiger partial charge in [-0.25, -0.2) is 8.78 Å². The molecule has 1 saturated carbocycles. The van der Waals surface area contributed by atoms with Crippen LogP contribution < -0.4 is 0 Å². The molecule has 18 heavy (non-hydrogen) atoms. The maximum absolute atomic E-state index is 13.1. The number of ether oxygens (including phenoxy) is 1. The summed E-state index contributed by atoms with van der Waals surface area (Å²) < 4.78 is 31.5. The Hall–Kier alpha value is -0.480. The molecule has 1 aromatic rings. The van der Waals surface area contributed by atoms with Crippen LogP contribution in [0.15, 0.2) is 18.2 Å². The van der Waals surface area contributed by atoms with Crippen molar-refractivity contribution >= 4 is 15.9 Å². The highest BCUT2D eigenvalue weighted by molar-refractivity contribution is 9.09. The number of hydrogen-bond acceptors (Lipinski definition) is 1. The van der Waals surface area contributed by atoms with Crippen molar-refractivity contribution in [1.29, 1.82) is 0 Å². The SMILES string of the molecule is CCOC1CC(CC(Br)c2ccc(F)c(F)c2)C1. The Morgan fingerprint density at radius 3 is 2.67 bits per heavy atom. The third-order valence-corrected chi connectivity index (χ3v) is 4.34. The van der Waals surface area contributed by atoms with Gasteiger partial charge in [-0.3, -0.25) is 0 Å². The molecular weight excluding hydrogens is 302 g/mol. The van der Waals surface area contributed by atoms with E-state index < -0.39 is 11.6 Å². The maximum atomic E-state index is 13.1. The lowest BCUT2D eigenvalue weighted by Gasteiger charge is -2.36. The topological polar surface area (TPSA) is 9.23 Å². The first kappa shape index (κ1) is 13.9. The second-order valence-electron chi connectivity index (χ2n) is 4.79. The largest absolute Gasteiger partial charge is 0.378 e. The average molecular weight is 319 g/mol. The van der Waals surface area contributed by atoms with Crippen LogP contribution in [0.2, 0.25) is 0 Å². The van der Waals surface area contributed by atoms with Crippen LogP contribution in [0.3, 0.4) is 0 Å². The van der Waals surface area contributed by atoms with Crippen LogP contribution in [-0.4, -0.2) is 12.7 Å². The number of hydrogen-bond donors (Lipinski definition) is 0. The molecule has 1 atom stereocenters. The molecule has 0 aliphatic heterocycles. The first-order chi connectivity index (χ1) is 8.60. The summed E-state index contributed by atoms with van der Waals surface area (Å²) in [7, 11) is 0. The average Bonchev–Trinajstić information content (AvgIpc) is 2.30. The third-order valence-electron chi connectivity index (χ3n) is 3.44. The van der Waals surface area contributed by atoms with Gasteiger partial charge in [0.1, 0.15) is 0 Å². The molecule has 0 heterocycles. The van der Waals surface area contributed by atoms with Crippen molar-refractivity contribution in [3.63, 3.8) is 0 Å². The molecule has 4 heteroatoms. The number of rotatable bonds is 5. The highest BCUT2D eigenvalue weighted by Gasteiger charge is 2.31. The highest BCUT2D eigenvalue weighted by Crippen LogP contribution is 2.40. The highest BCUT2D eigenvalue weighted by atomic mass is 79.9. The summed E-state index contributed by atoms with van der Waals surface area (Å²) >= 11 is 3.55. The molecule has 100 valence electrons. The van der Waals surface area contributed by atoms with Crippen molar-refractivity contribution < 1.29 is 13.5 Å².